The lowest BCUT2D eigenvalue weighted by atomic mass is 10.3. The van der Waals surface area contributed by atoms with Crippen LogP contribution in [-0.2, 0) is 17.8 Å². The summed E-state index contributed by atoms with van der Waals surface area (Å²) in [5.74, 6) is -0.376. The maximum atomic E-state index is 11.7. The van der Waals surface area contributed by atoms with Crippen LogP contribution in [0.15, 0.2) is 18.3 Å². The van der Waals surface area contributed by atoms with Gasteiger partial charge < -0.3 is 15.4 Å². The average Bonchev–Trinajstić information content (AvgIpc) is 3.10. The van der Waals surface area contributed by atoms with E-state index in [0.717, 1.165) is 17.1 Å². The van der Waals surface area contributed by atoms with Crippen molar-refractivity contribution in [3.05, 3.63) is 34.5 Å². The Morgan fingerprint density at radius 1 is 1.55 bits per heavy atom. The summed E-state index contributed by atoms with van der Waals surface area (Å²) in [6.45, 7) is 5.33. The number of nitrogens with one attached hydrogen (secondary N) is 2. The van der Waals surface area contributed by atoms with Crippen LogP contribution in [0.2, 0.25) is 0 Å². The number of nitrogens with zero attached hydrogens (tertiary/aromatic N) is 2. The molecule has 0 unspecified atom stereocenters. The Labute approximate surface area is 138 Å². The largest absolute Gasteiger partial charge is 0.465 e. The first-order valence-corrected chi connectivity index (χ1v) is 8.02. The second-order valence-corrected chi connectivity index (χ2v) is 6.20. The van der Waals surface area contributed by atoms with Crippen molar-refractivity contribution in [1.29, 1.82) is 0 Å². The molecule has 118 valence electrons. The van der Waals surface area contributed by atoms with Crippen LogP contribution in [0.5, 0.6) is 0 Å². The zero-order valence-electron chi connectivity index (χ0n) is 12.7. The van der Waals surface area contributed by atoms with Gasteiger partial charge in [-0.2, -0.15) is 5.10 Å². The van der Waals surface area contributed by atoms with E-state index in [9.17, 15) is 4.79 Å². The summed E-state index contributed by atoms with van der Waals surface area (Å²) in [6, 6.07) is 3.72. The van der Waals surface area contributed by atoms with Gasteiger partial charge in [0.05, 0.1) is 24.9 Å². The molecule has 0 amide bonds. The van der Waals surface area contributed by atoms with E-state index >= 15 is 0 Å². The van der Waals surface area contributed by atoms with Gasteiger partial charge in [-0.1, -0.05) is 0 Å². The monoisotopic (exact) mass is 338 g/mol. The number of aryl methyl sites for hydroxylation is 2. The van der Waals surface area contributed by atoms with Gasteiger partial charge in [0.1, 0.15) is 5.00 Å². The van der Waals surface area contributed by atoms with Gasteiger partial charge in [0.15, 0.2) is 5.11 Å². The third-order valence-electron chi connectivity index (χ3n) is 3.02. The van der Waals surface area contributed by atoms with Crippen molar-refractivity contribution < 1.29 is 9.53 Å². The molecule has 0 bridgehead atoms. The van der Waals surface area contributed by atoms with Gasteiger partial charge in [0.25, 0.3) is 0 Å². The Morgan fingerprint density at radius 3 is 3.00 bits per heavy atom. The molecular weight excluding hydrogens is 320 g/mol. The lowest BCUT2D eigenvalue weighted by Gasteiger charge is -2.11. The van der Waals surface area contributed by atoms with E-state index in [1.807, 2.05) is 24.6 Å². The molecule has 8 heteroatoms. The van der Waals surface area contributed by atoms with Gasteiger partial charge in [0, 0.05) is 17.6 Å². The van der Waals surface area contributed by atoms with Crippen LogP contribution in [0, 0.1) is 6.92 Å². The predicted octanol–water partition coefficient (Wildman–Crippen LogP) is 2.55. The molecule has 6 nitrogen and oxygen atoms in total. The van der Waals surface area contributed by atoms with E-state index in [1.165, 1.54) is 18.4 Å². The number of rotatable bonds is 5. The predicted molar refractivity (Wildman–Crippen MR) is 91.4 cm³/mol. The Hall–Kier alpha value is -1.93. The molecule has 22 heavy (non-hydrogen) atoms. The van der Waals surface area contributed by atoms with E-state index in [4.69, 9.17) is 17.0 Å². The van der Waals surface area contributed by atoms with E-state index in [1.54, 1.807) is 12.3 Å². The zero-order chi connectivity index (χ0) is 16.1. The standard InChI is InChI=1S/C14H18N4O2S2/c1-4-18-10(5-6-16-18)8-15-14(21)17-12-11(13(19)20-3)7-9(2)22-12/h5-7H,4,8H2,1-3H3,(H2,15,17,21). The van der Waals surface area contributed by atoms with Crippen LogP contribution >= 0.6 is 23.6 Å². The minimum Gasteiger partial charge on any atom is -0.465 e. The average molecular weight is 338 g/mol. The molecule has 0 atom stereocenters. The van der Waals surface area contributed by atoms with Crippen molar-refractivity contribution in [3.63, 3.8) is 0 Å². The highest BCUT2D eigenvalue weighted by molar-refractivity contribution is 7.80. The number of hydrogen-bond acceptors (Lipinski definition) is 5. The molecule has 0 radical (unpaired) electrons. The number of carbonyl (C=O) groups is 1. The van der Waals surface area contributed by atoms with Crippen molar-refractivity contribution in [2.24, 2.45) is 0 Å². The first-order valence-electron chi connectivity index (χ1n) is 6.79. The molecule has 0 saturated heterocycles. The first kappa shape index (κ1) is 16.4. The van der Waals surface area contributed by atoms with Gasteiger partial charge in [-0.3, -0.25) is 4.68 Å². The quantitative estimate of drug-likeness (QED) is 0.645. The maximum Gasteiger partial charge on any atom is 0.340 e. The molecule has 0 aliphatic rings. The van der Waals surface area contributed by atoms with Crippen LogP contribution < -0.4 is 10.6 Å². The number of hydrogen-bond donors (Lipinski definition) is 2. The lowest BCUT2D eigenvalue weighted by Crippen LogP contribution is -2.29. The van der Waals surface area contributed by atoms with E-state index in [0.29, 0.717) is 22.2 Å². The van der Waals surface area contributed by atoms with Crippen LogP contribution in [0.1, 0.15) is 27.9 Å². The molecule has 2 rings (SSSR count). The fraction of sp³-hybridized carbons (Fsp3) is 0.357. The maximum absolute atomic E-state index is 11.7. The van der Waals surface area contributed by atoms with E-state index in [2.05, 4.69) is 15.7 Å². The van der Waals surface area contributed by atoms with Crippen LogP contribution in [-0.4, -0.2) is 28.0 Å². The zero-order valence-corrected chi connectivity index (χ0v) is 14.3. The summed E-state index contributed by atoms with van der Waals surface area (Å²) in [5, 5.41) is 11.5. The summed E-state index contributed by atoms with van der Waals surface area (Å²) in [5.41, 5.74) is 1.54. The highest BCUT2D eigenvalue weighted by atomic mass is 32.1. The number of thiophene rings is 1. The molecule has 0 aliphatic carbocycles. The molecule has 0 aromatic carbocycles. The minimum atomic E-state index is -0.376. The number of ether oxygens (including phenoxy) is 1. The highest BCUT2D eigenvalue weighted by Gasteiger charge is 2.16. The van der Waals surface area contributed by atoms with Gasteiger partial charge in [0.2, 0.25) is 0 Å². The van der Waals surface area contributed by atoms with Crippen molar-refractivity contribution in [2.75, 3.05) is 12.4 Å². The summed E-state index contributed by atoms with van der Waals surface area (Å²) < 4.78 is 6.67. The summed E-state index contributed by atoms with van der Waals surface area (Å²) in [7, 11) is 1.36. The van der Waals surface area contributed by atoms with Gasteiger partial charge in [-0.05, 0) is 38.2 Å². The van der Waals surface area contributed by atoms with Crippen LogP contribution in [0.4, 0.5) is 5.00 Å². The van der Waals surface area contributed by atoms with E-state index < -0.39 is 0 Å². The fourth-order valence-electron chi connectivity index (χ4n) is 1.98. The topological polar surface area (TPSA) is 68.2 Å². The smallest absolute Gasteiger partial charge is 0.340 e. The molecule has 2 heterocycles. The second-order valence-electron chi connectivity index (χ2n) is 4.54. The number of carbonyl (C=O) groups excluding carboxylic acids is 1. The van der Waals surface area contributed by atoms with Gasteiger partial charge >= 0.3 is 5.97 Å². The molecule has 0 saturated carbocycles. The Morgan fingerprint density at radius 2 is 2.32 bits per heavy atom. The van der Waals surface area contributed by atoms with Gasteiger partial charge in [-0.15, -0.1) is 11.3 Å². The van der Waals surface area contributed by atoms with Crippen molar-refractivity contribution in [1.82, 2.24) is 15.1 Å². The first-order chi connectivity index (χ1) is 10.5. The summed E-state index contributed by atoms with van der Waals surface area (Å²) in [4.78, 5) is 12.7. The SMILES string of the molecule is CCn1nccc1CNC(=S)Nc1sc(C)cc1C(=O)OC. The minimum absolute atomic E-state index is 0.376. The number of anilines is 1. The lowest BCUT2D eigenvalue weighted by molar-refractivity contribution is 0.0602. The Kier molecular flexibility index (Phi) is 5.51. The molecule has 0 spiro atoms. The van der Waals surface area contributed by atoms with Gasteiger partial charge in [-0.25, -0.2) is 4.79 Å². The van der Waals surface area contributed by atoms with E-state index in [-0.39, 0.29) is 5.97 Å². The molecule has 2 aromatic heterocycles. The summed E-state index contributed by atoms with van der Waals surface area (Å²) in [6.07, 6.45) is 1.76. The Balaban J connectivity index is 1.99. The fourth-order valence-corrected chi connectivity index (χ4v) is 3.12. The Bertz CT molecular complexity index is 678. The molecule has 2 aromatic rings. The number of aromatic nitrogens is 2. The number of methoxy groups -OCH3 is 1. The van der Waals surface area contributed by atoms with Crippen LogP contribution in [0.25, 0.3) is 0 Å². The molecular formula is C14H18N4O2S2. The van der Waals surface area contributed by atoms with Crippen molar-refractivity contribution >= 4 is 39.6 Å². The second kappa shape index (κ2) is 7.37. The van der Waals surface area contributed by atoms with Crippen molar-refractivity contribution in [3.8, 4) is 0 Å². The highest BCUT2D eigenvalue weighted by Crippen LogP contribution is 2.28. The third kappa shape index (κ3) is 3.83. The normalized spacial score (nSPS) is 10.3. The third-order valence-corrected chi connectivity index (χ3v) is 4.23. The molecule has 2 N–H and O–H groups in total. The molecule has 0 aliphatic heterocycles. The van der Waals surface area contributed by atoms with Crippen LogP contribution in [0.3, 0.4) is 0 Å². The number of thiocarbonyl (C=S) groups is 1. The van der Waals surface area contributed by atoms with Crippen molar-refractivity contribution in [2.45, 2.75) is 26.9 Å². The summed E-state index contributed by atoms with van der Waals surface area (Å²) >= 11 is 6.74. The number of esters is 1. The molecule has 0 fully saturated rings.